The van der Waals surface area contributed by atoms with Gasteiger partial charge in [0.2, 0.25) is 5.13 Å². The van der Waals surface area contributed by atoms with Crippen molar-refractivity contribution in [2.24, 2.45) is 0 Å². The first-order valence-corrected chi connectivity index (χ1v) is 7.09. The first-order valence-electron chi connectivity index (χ1n) is 6.21. The average Bonchev–Trinajstić information content (AvgIpc) is 2.97. The van der Waals surface area contributed by atoms with E-state index in [0.717, 1.165) is 6.42 Å². The maximum absolute atomic E-state index is 12.0. The van der Waals surface area contributed by atoms with Crippen LogP contribution in [0.15, 0.2) is 23.7 Å². The molecule has 2 rings (SSSR count). The van der Waals surface area contributed by atoms with Crippen LogP contribution in [-0.2, 0) is 0 Å². The predicted octanol–water partition coefficient (Wildman–Crippen LogP) is 2.52. The number of hydrogen-bond acceptors (Lipinski definition) is 7. The third-order valence-electron chi connectivity index (χ3n) is 2.60. The zero-order valence-corrected chi connectivity index (χ0v) is 12.0. The fraction of sp³-hybridized carbons (Fsp3) is 0.250. The highest BCUT2D eigenvalue weighted by Crippen LogP contribution is 2.26. The summed E-state index contributed by atoms with van der Waals surface area (Å²) in [6.07, 6.45) is 0.818. The Morgan fingerprint density at radius 2 is 2.29 bits per heavy atom. The Kier molecular flexibility index (Phi) is 4.77. The highest BCUT2D eigenvalue weighted by Gasteiger charge is 2.17. The van der Waals surface area contributed by atoms with E-state index in [1.165, 1.54) is 35.0 Å². The van der Waals surface area contributed by atoms with Gasteiger partial charge in [0.1, 0.15) is 11.2 Å². The van der Waals surface area contributed by atoms with E-state index in [0.29, 0.717) is 22.9 Å². The van der Waals surface area contributed by atoms with Crippen LogP contribution < -0.4 is 10.6 Å². The molecule has 0 saturated heterocycles. The largest absolute Gasteiger partial charge is 0.379 e. The number of benzene rings is 1. The van der Waals surface area contributed by atoms with Crippen molar-refractivity contribution < 1.29 is 9.72 Å². The molecule has 9 heteroatoms. The fourth-order valence-electron chi connectivity index (χ4n) is 1.63. The van der Waals surface area contributed by atoms with Gasteiger partial charge in [-0.2, -0.15) is 0 Å². The summed E-state index contributed by atoms with van der Waals surface area (Å²) >= 11 is 1.19. The van der Waals surface area contributed by atoms with Crippen LogP contribution >= 0.6 is 11.3 Å². The smallest absolute Gasteiger partial charge is 0.292 e. The third-order valence-corrected chi connectivity index (χ3v) is 3.21. The van der Waals surface area contributed by atoms with Crippen molar-refractivity contribution in [3.8, 4) is 0 Å². The third kappa shape index (κ3) is 3.72. The number of rotatable bonds is 6. The normalized spacial score (nSPS) is 10.1. The Morgan fingerprint density at radius 1 is 1.48 bits per heavy atom. The van der Waals surface area contributed by atoms with Gasteiger partial charge < -0.3 is 5.32 Å². The van der Waals surface area contributed by atoms with Gasteiger partial charge in [-0.05, 0) is 18.6 Å². The highest BCUT2D eigenvalue weighted by atomic mass is 32.1. The molecule has 0 saturated carbocycles. The quantitative estimate of drug-likeness (QED) is 0.626. The molecule has 2 N–H and O–H groups in total. The number of amides is 1. The Morgan fingerprint density at radius 3 is 2.90 bits per heavy atom. The molecule has 0 fully saturated rings. The number of anilines is 2. The predicted molar refractivity (Wildman–Crippen MR) is 79.7 cm³/mol. The lowest BCUT2D eigenvalue weighted by atomic mass is 10.1. The average molecular weight is 307 g/mol. The summed E-state index contributed by atoms with van der Waals surface area (Å²) in [5, 5.41) is 24.2. The fourth-order valence-corrected chi connectivity index (χ4v) is 2.07. The number of nitrogens with zero attached hydrogens (tertiary/aromatic N) is 3. The Hall–Kier alpha value is -2.55. The van der Waals surface area contributed by atoms with Crippen LogP contribution in [0, 0.1) is 10.1 Å². The summed E-state index contributed by atoms with van der Waals surface area (Å²) in [5.74, 6) is -0.388. The van der Waals surface area contributed by atoms with Gasteiger partial charge in [0.15, 0.2) is 0 Å². The Balaban J connectivity index is 2.23. The maximum Gasteiger partial charge on any atom is 0.292 e. The van der Waals surface area contributed by atoms with Gasteiger partial charge in [-0.3, -0.25) is 20.2 Å². The van der Waals surface area contributed by atoms with Crippen LogP contribution in [0.3, 0.4) is 0 Å². The lowest BCUT2D eigenvalue weighted by molar-refractivity contribution is -0.384. The standard InChI is InChI=1S/C12H13N5O3S/c1-2-5-13-9-6-8(3-4-10(9)17(19)20)11(18)15-12-16-14-7-21-12/h3-4,6-7,13H,2,5H2,1H3,(H,15,16,18). The second kappa shape index (κ2) is 6.75. The first kappa shape index (κ1) is 14.9. The molecule has 0 spiro atoms. The molecule has 0 aliphatic rings. The topological polar surface area (TPSA) is 110 Å². The number of aromatic nitrogens is 2. The minimum atomic E-state index is -0.482. The minimum Gasteiger partial charge on any atom is -0.379 e. The van der Waals surface area contributed by atoms with E-state index < -0.39 is 4.92 Å². The Labute approximate surface area is 124 Å². The van der Waals surface area contributed by atoms with Gasteiger partial charge in [-0.25, -0.2) is 0 Å². The summed E-state index contributed by atoms with van der Waals surface area (Å²) < 4.78 is 0. The minimum absolute atomic E-state index is 0.0593. The molecule has 1 amide bonds. The van der Waals surface area contributed by atoms with E-state index in [9.17, 15) is 14.9 Å². The molecule has 0 aliphatic carbocycles. The molecule has 1 heterocycles. The summed E-state index contributed by atoms with van der Waals surface area (Å²) in [6, 6.07) is 4.18. The van der Waals surface area contributed by atoms with Crippen LogP contribution in [0.25, 0.3) is 0 Å². The van der Waals surface area contributed by atoms with Crippen molar-refractivity contribution >= 4 is 33.8 Å². The van der Waals surface area contributed by atoms with Crippen molar-refractivity contribution in [3.63, 3.8) is 0 Å². The van der Waals surface area contributed by atoms with Crippen LogP contribution in [0.2, 0.25) is 0 Å². The molecule has 2 aromatic rings. The van der Waals surface area contributed by atoms with Gasteiger partial charge in [0, 0.05) is 18.2 Å². The van der Waals surface area contributed by atoms with Crippen molar-refractivity contribution in [2.75, 3.05) is 17.2 Å². The lowest BCUT2D eigenvalue weighted by Gasteiger charge is -2.08. The van der Waals surface area contributed by atoms with Crippen LogP contribution in [0.1, 0.15) is 23.7 Å². The second-order valence-electron chi connectivity index (χ2n) is 4.11. The van der Waals surface area contributed by atoms with E-state index in [1.807, 2.05) is 6.92 Å². The number of nitrogens with one attached hydrogen (secondary N) is 2. The number of carbonyl (C=O) groups excluding carboxylic acids is 1. The van der Waals surface area contributed by atoms with Gasteiger partial charge in [0.05, 0.1) is 4.92 Å². The van der Waals surface area contributed by atoms with Gasteiger partial charge in [0.25, 0.3) is 11.6 Å². The number of hydrogen-bond donors (Lipinski definition) is 2. The van der Waals surface area contributed by atoms with Crippen molar-refractivity contribution in [2.45, 2.75) is 13.3 Å². The lowest BCUT2D eigenvalue weighted by Crippen LogP contribution is -2.13. The van der Waals surface area contributed by atoms with E-state index >= 15 is 0 Å². The summed E-state index contributed by atoms with van der Waals surface area (Å²) in [5.41, 5.74) is 2.08. The van der Waals surface area contributed by atoms with Crippen molar-refractivity contribution in [1.29, 1.82) is 0 Å². The van der Waals surface area contributed by atoms with Crippen molar-refractivity contribution in [3.05, 3.63) is 39.4 Å². The first-order chi connectivity index (χ1) is 10.1. The second-order valence-corrected chi connectivity index (χ2v) is 4.95. The molecule has 0 aliphatic heterocycles. The van der Waals surface area contributed by atoms with Crippen LogP contribution in [0.4, 0.5) is 16.5 Å². The van der Waals surface area contributed by atoms with E-state index in [2.05, 4.69) is 20.8 Å². The summed E-state index contributed by atoms with van der Waals surface area (Å²) in [7, 11) is 0. The molecular weight excluding hydrogens is 294 g/mol. The zero-order valence-electron chi connectivity index (χ0n) is 11.2. The van der Waals surface area contributed by atoms with Gasteiger partial charge >= 0.3 is 0 Å². The van der Waals surface area contributed by atoms with Crippen LogP contribution in [0.5, 0.6) is 0 Å². The van der Waals surface area contributed by atoms with E-state index in [-0.39, 0.29) is 11.6 Å². The number of carbonyl (C=O) groups is 1. The molecule has 0 atom stereocenters. The monoisotopic (exact) mass is 307 g/mol. The van der Waals surface area contributed by atoms with E-state index in [4.69, 9.17) is 0 Å². The van der Waals surface area contributed by atoms with Crippen molar-refractivity contribution in [1.82, 2.24) is 10.2 Å². The summed E-state index contributed by atoms with van der Waals surface area (Å²) in [4.78, 5) is 22.5. The molecular formula is C12H13N5O3S. The summed E-state index contributed by atoms with van der Waals surface area (Å²) in [6.45, 7) is 2.53. The molecule has 8 nitrogen and oxygen atoms in total. The molecule has 0 radical (unpaired) electrons. The molecule has 0 unspecified atom stereocenters. The number of nitro benzene ring substituents is 1. The SMILES string of the molecule is CCCNc1cc(C(=O)Nc2nncs2)ccc1[N+](=O)[O-]. The zero-order chi connectivity index (χ0) is 15.2. The number of nitro groups is 1. The molecule has 110 valence electrons. The molecule has 1 aromatic heterocycles. The maximum atomic E-state index is 12.0. The van der Waals surface area contributed by atoms with E-state index in [1.54, 1.807) is 0 Å². The highest BCUT2D eigenvalue weighted by molar-refractivity contribution is 7.13. The van der Waals surface area contributed by atoms with Gasteiger partial charge in [-0.1, -0.05) is 18.3 Å². The molecule has 0 bridgehead atoms. The Bertz CT molecular complexity index is 644. The molecule has 21 heavy (non-hydrogen) atoms. The molecule has 1 aromatic carbocycles. The van der Waals surface area contributed by atoms with Gasteiger partial charge in [-0.15, -0.1) is 10.2 Å². The van der Waals surface area contributed by atoms with Crippen LogP contribution in [-0.4, -0.2) is 27.6 Å².